The average molecular weight is 579 g/mol. The number of fused-ring (bicyclic) bond motifs is 1. The van der Waals surface area contributed by atoms with E-state index in [1.807, 2.05) is 61.6 Å². The Morgan fingerprint density at radius 2 is 1.67 bits per heavy atom. The molecule has 43 heavy (non-hydrogen) atoms. The van der Waals surface area contributed by atoms with Gasteiger partial charge in [0.2, 0.25) is 5.95 Å². The number of aromatic nitrogens is 4. The van der Waals surface area contributed by atoms with Gasteiger partial charge < -0.3 is 29.9 Å². The molecule has 2 aromatic heterocycles. The number of benzene rings is 3. The SMILES string of the molecule is CNc1cccc(-n2c(=O)c(-c3cccc(OC)c3)nc3cnc(Nc4ccc(N5CCN(C)CC5)cc4OC)nc32)c1. The number of methoxy groups -OCH3 is 2. The maximum absolute atomic E-state index is 14.1. The minimum atomic E-state index is -0.312. The molecule has 0 amide bonds. The van der Waals surface area contributed by atoms with Crippen molar-refractivity contribution in [1.29, 1.82) is 0 Å². The van der Waals surface area contributed by atoms with Crippen molar-refractivity contribution in [3.05, 3.63) is 83.3 Å². The normalized spacial score (nSPS) is 13.6. The number of rotatable bonds is 8. The van der Waals surface area contributed by atoms with Gasteiger partial charge in [-0.15, -0.1) is 0 Å². The third kappa shape index (κ3) is 5.67. The third-order valence-corrected chi connectivity index (χ3v) is 7.64. The highest BCUT2D eigenvalue weighted by Crippen LogP contribution is 2.32. The maximum atomic E-state index is 14.1. The highest BCUT2D eigenvalue weighted by atomic mass is 16.5. The predicted molar refractivity (Wildman–Crippen MR) is 170 cm³/mol. The summed E-state index contributed by atoms with van der Waals surface area (Å²) in [4.78, 5) is 32.8. The largest absolute Gasteiger partial charge is 0.497 e. The number of anilines is 4. The van der Waals surface area contributed by atoms with E-state index < -0.39 is 0 Å². The molecule has 2 N–H and O–H groups in total. The van der Waals surface area contributed by atoms with Crippen LogP contribution in [0.15, 0.2) is 77.7 Å². The van der Waals surface area contributed by atoms with E-state index in [0.717, 1.165) is 37.6 Å². The van der Waals surface area contributed by atoms with E-state index in [-0.39, 0.29) is 11.3 Å². The number of nitrogens with one attached hydrogen (secondary N) is 2. The Balaban J connectivity index is 1.44. The van der Waals surface area contributed by atoms with E-state index in [4.69, 9.17) is 19.4 Å². The summed E-state index contributed by atoms with van der Waals surface area (Å²) < 4.78 is 12.7. The van der Waals surface area contributed by atoms with Gasteiger partial charge in [-0.3, -0.25) is 9.36 Å². The van der Waals surface area contributed by atoms with Gasteiger partial charge in [-0.1, -0.05) is 18.2 Å². The highest BCUT2D eigenvalue weighted by Gasteiger charge is 2.19. The lowest BCUT2D eigenvalue weighted by molar-refractivity contribution is 0.312. The predicted octanol–water partition coefficient (Wildman–Crippen LogP) is 4.40. The van der Waals surface area contributed by atoms with Crippen molar-refractivity contribution in [1.82, 2.24) is 24.4 Å². The van der Waals surface area contributed by atoms with Crippen molar-refractivity contribution in [3.63, 3.8) is 0 Å². The average Bonchev–Trinajstić information content (AvgIpc) is 3.05. The molecule has 0 aliphatic carbocycles. The lowest BCUT2D eigenvalue weighted by Gasteiger charge is -2.34. The standard InChI is InChI=1S/C32H34N8O3/c1-33-22-8-6-9-24(18-22)40-30-27(35-29(31(40)41)21-7-5-10-25(17-21)42-3)20-34-32(37-30)36-26-12-11-23(19-28(26)43-4)39-15-13-38(2)14-16-39/h5-12,17-20,33H,13-16H2,1-4H3,(H,34,36,37). The van der Waals surface area contributed by atoms with E-state index in [2.05, 4.69) is 38.5 Å². The summed E-state index contributed by atoms with van der Waals surface area (Å²) in [6.07, 6.45) is 1.62. The molecule has 1 saturated heterocycles. The molecule has 3 aromatic carbocycles. The molecule has 0 atom stereocenters. The lowest BCUT2D eigenvalue weighted by Crippen LogP contribution is -2.44. The number of nitrogens with zero attached hydrogens (tertiary/aromatic N) is 6. The van der Waals surface area contributed by atoms with Gasteiger partial charge in [0.25, 0.3) is 5.56 Å². The van der Waals surface area contributed by atoms with Crippen molar-refractivity contribution in [2.75, 3.05) is 70.0 Å². The molecule has 11 nitrogen and oxygen atoms in total. The van der Waals surface area contributed by atoms with Crippen molar-refractivity contribution in [2.24, 2.45) is 0 Å². The van der Waals surface area contributed by atoms with Crippen LogP contribution in [0, 0.1) is 0 Å². The van der Waals surface area contributed by atoms with Crippen LogP contribution in [0.4, 0.5) is 23.0 Å². The summed E-state index contributed by atoms with van der Waals surface area (Å²) in [7, 11) is 7.21. The van der Waals surface area contributed by atoms with Gasteiger partial charge in [-0.25, -0.2) is 9.97 Å². The van der Waals surface area contributed by atoms with E-state index in [1.54, 1.807) is 31.0 Å². The van der Waals surface area contributed by atoms with Crippen molar-refractivity contribution >= 4 is 34.2 Å². The Kier molecular flexibility index (Phi) is 7.80. The lowest BCUT2D eigenvalue weighted by atomic mass is 10.1. The zero-order valence-electron chi connectivity index (χ0n) is 24.7. The minimum Gasteiger partial charge on any atom is -0.497 e. The van der Waals surface area contributed by atoms with Gasteiger partial charge in [0.15, 0.2) is 5.65 Å². The van der Waals surface area contributed by atoms with Gasteiger partial charge in [0.05, 0.1) is 31.8 Å². The van der Waals surface area contributed by atoms with E-state index in [1.165, 1.54) is 0 Å². The summed E-state index contributed by atoms with van der Waals surface area (Å²) in [6, 6.07) is 20.9. The van der Waals surface area contributed by atoms with Crippen LogP contribution in [0.2, 0.25) is 0 Å². The van der Waals surface area contributed by atoms with Gasteiger partial charge in [0.1, 0.15) is 22.7 Å². The Labute approximate surface area is 249 Å². The molecule has 6 rings (SSSR count). The zero-order valence-corrected chi connectivity index (χ0v) is 24.7. The minimum absolute atomic E-state index is 0.270. The maximum Gasteiger partial charge on any atom is 0.283 e. The molecule has 0 unspecified atom stereocenters. The van der Waals surface area contributed by atoms with Crippen LogP contribution < -0.4 is 30.6 Å². The fraction of sp³-hybridized carbons (Fsp3) is 0.250. The molecule has 0 spiro atoms. The number of likely N-dealkylation sites (N-methyl/N-ethyl adjacent to an activating group) is 1. The second kappa shape index (κ2) is 12.0. The molecule has 5 aromatic rings. The van der Waals surface area contributed by atoms with Crippen LogP contribution in [0.1, 0.15) is 0 Å². The Bertz CT molecular complexity index is 1830. The van der Waals surface area contributed by atoms with E-state index in [0.29, 0.717) is 45.5 Å². The first-order chi connectivity index (χ1) is 21.0. The molecule has 0 saturated carbocycles. The summed E-state index contributed by atoms with van der Waals surface area (Å²) in [5.41, 5.74) is 4.75. The monoisotopic (exact) mass is 578 g/mol. The van der Waals surface area contributed by atoms with Crippen LogP contribution >= 0.6 is 0 Å². The molecule has 11 heteroatoms. The molecule has 0 radical (unpaired) electrons. The molecule has 220 valence electrons. The number of hydrogen-bond acceptors (Lipinski definition) is 10. The van der Waals surface area contributed by atoms with Gasteiger partial charge in [-0.2, -0.15) is 4.98 Å². The molecule has 1 fully saturated rings. The fourth-order valence-electron chi connectivity index (χ4n) is 5.20. The molecule has 1 aliphatic heterocycles. The van der Waals surface area contributed by atoms with Crippen molar-refractivity contribution in [2.45, 2.75) is 0 Å². The summed E-state index contributed by atoms with van der Waals surface area (Å²) in [5, 5.41) is 6.43. The van der Waals surface area contributed by atoms with Crippen LogP contribution in [0.25, 0.3) is 28.1 Å². The Hall–Kier alpha value is -5.16. The van der Waals surface area contributed by atoms with Gasteiger partial charge in [-0.05, 0) is 49.5 Å². The highest BCUT2D eigenvalue weighted by molar-refractivity contribution is 5.78. The number of ether oxygens (including phenoxy) is 2. The van der Waals surface area contributed by atoms with Crippen LogP contribution in [-0.4, -0.2) is 78.9 Å². The quantitative estimate of drug-likeness (QED) is 0.275. The molecule has 0 bridgehead atoms. The fourth-order valence-corrected chi connectivity index (χ4v) is 5.20. The topological polar surface area (TPSA) is 110 Å². The summed E-state index contributed by atoms with van der Waals surface area (Å²) in [6.45, 7) is 3.94. The molecule has 3 heterocycles. The number of hydrogen-bond donors (Lipinski definition) is 2. The zero-order chi connectivity index (χ0) is 29.9. The second-order valence-electron chi connectivity index (χ2n) is 10.3. The molecular formula is C32H34N8O3. The number of piperazine rings is 1. The first-order valence-electron chi connectivity index (χ1n) is 14.1. The smallest absolute Gasteiger partial charge is 0.283 e. The van der Waals surface area contributed by atoms with Gasteiger partial charge in [0, 0.05) is 56.2 Å². The summed E-state index contributed by atoms with van der Waals surface area (Å²) in [5.74, 6) is 1.61. The second-order valence-corrected chi connectivity index (χ2v) is 10.3. The van der Waals surface area contributed by atoms with Crippen molar-refractivity contribution < 1.29 is 9.47 Å². The van der Waals surface area contributed by atoms with E-state index >= 15 is 0 Å². The van der Waals surface area contributed by atoms with Crippen LogP contribution in [0.5, 0.6) is 11.5 Å². The summed E-state index contributed by atoms with van der Waals surface area (Å²) >= 11 is 0. The van der Waals surface area contributed by atoms with Crippen molar-refractivity contribution in [3.8, 4) is 28.4 Å². The van der Waals surface area contributed by atoms with Gasteiger partial charge >= 0.3 is 0 Å². The first-order valence-corrected chi connectivity index (χ1v) is 14.1. The first kappa shape index (κ1) is 28.0. The Morgan fingerprint density at radius 1 is 0.860 bits per heavy atom. The molecule has 1 aliphatic rings. The van der Waals surface area contributed by atoms with E-state index in [9.17, 15) is 4.79 Å². The molecular weight excluding hydrogens is 544 g/mol. The van der Waals surface area contributed by atoms with Crippen LogP contribution in [-0.2, 0) is 0 Å². The third-order valence-electron chi connectivity index (χ3n) is 7.64. The van der Waals surface area contributed by atoms with Crippen LogP contribution in [0.3, 0.4) is 0 Å². The Morgan fingerprint density at radius 3 is 2.44 bits per heavy atom.